The number of carbonyl (C=O) groups excluding carboxylic acids is 1. The van der Waals surface area contributed by atoms with Crippen LogP contribution in [0.2, 0.25) is 0 Å². The zero-order chi connectivity index (χ0) is 8.27. The minimum absolute atomic E-state index is 0.229. The molecule has 1 heterocycles. The Labute approximate surface area is 77.7 Å². The monoisotopic (exact) mass is 266 g/mol. The van der Waals surface area contributed by atoms with E-state index in [1.54, 1.807) is 17.1 Å². The van der Waals surface area contributed by atoms with Gasteiger partial charge in [0.25, 0.3) is 0 Å². The number of ether oxygens (including phenoxy) is 1. The van der Waals surface area contributed by atoms with Crippen LogP contribution in [0.25, 0.3) is 0 Å². The van der Waals surface area contributed by atoms with Crippen molar-refractivity contribution in [2.24, 2.45) is 0 Å². The van der Waals surface area contributed by atoms with Crippen LogP contribution >= 0.6 is 22.6 Å². The van der Waals surface area contributed by atoms with Crippen LogP contribution in [0.1, 0.15) is 0 Å². The molecule has 0 aliphatic rings. The summed E-state index contributed by atoms with van der Waals surface area (Å²) in [7, 11) is 1.37. The van der Waals surface area contributed by atoms with E-state index >= 15 is 0 Å². The topological polar surface area (TPSA) is 44.1 Å². The predicted octanol–water partition coefficient (Wildman–Crippen LogP) is 0.661. The second kappa shape index (κ2) is 3.70. The van der Waals surface area contributed by atoms with Crippen LogP contribution in [0.4, 0.5) is 0 Å². The van der Waals surface area contributed by atoms with Crippen molar-refractivity contribution in [1.29, 1.82) is 0 Å². The molecule has 1 rings (SSSR count). The summed E-state index contributed by atoms with van der Waals surface area (Å²) >= 11 is 2.08. The summed E-state index contributed by atoms with van der Waals surface area (Å²) in [6.07, 6.45) is 3.37. The van der Waals surface area contributed by atoms with E-state index in [-0.39, 0.29) is 12.5 Å². The van der Waals surface area contributed by atoms with E-state index in [1.807, 2.05) is 0 Å². The molecule has 0 N–H and O–H groups in total. The third kappa shape index (κ3) is 2.49. The molecule has 0 amide bonds. The van der Waals surface area contributed by atoms with E-state index in [4.69, 9.17) is 0 Å². The van der Waals surface area contributed by atoms with Crippen LogP contribution in [0.15, 0.2) is 12.5 Å². The highest BCUT2D eigenvalue weighted by Crippen LogP contribution is 1.99. The van der Waals surface area contributed by atoms with Gasteiger partial charge in [-0.1, -0.05) is 0 Å². The van der Waals surface area contributed by atoms with Gasteiger partial charge in [0.2, 0.25) is 0 Å². The van der Waals surface area contributed by atoms with Crippen LogP contribution in [0.5, 0.6) is 0 Å². The Morgan fingerprint density at radius 1 is 1.91 bits per heavy atom. The number of hydrogen-bond donors (Lipinski definition) is 0. The number of methoxy groups -OCH3 is 1. The highest BCUT2D eigenvalue weighted by molar-refractivity contribution is 14.1. The summed E-state index contributed by atoms with van der Waals surface area (Å²) in [5.41, 5.74) is 0. The zero-order valence-electron chi connectivity index (χ0n) is 5.95. The maximum atomic E-state index is 10.7. The number of esters is 1. The Bertz CT molecular complexity index is 259. The second-order valence-corrected chi connectivity index (χ2v) is 3.05. The molecular formula is C6H7IN2O2. The first-order valence-electron chi connectivity index (χ1n) is 2.96. The van der Waals surface area contributed by atoms with E-state index in [0.717, 1.165) is 3.70 Å². The quantitative estimate of drug-likeness (QED) is 0.583. The van der Waals surface area contributed by atoms with Crippen LogP contribution in [0, 0.1) is 3.70 Å². The van der Waals surface area contributed by atoms with Gasteiger partial charge >= 0.3 is 5.97 Å². The van der Waals surface area contributed by atoms with Gasteiger partial charge in [-0.15, -0.1) is 0 Å². The standard InChI is InChI=1S/C6H7IN2O2/c1-11-6(10)3-9-2-5(7)8-4-9/h2,4H,3H2,1H3. The molecule has 0 aliphatic heterocycles. The Hall–Kier alpha value is -0.590. The Balaban J connectivity index is 2.57. The number of rotatable bonds is 2. The molecule has 0 unspecified atom stereocenters. The van der Waals surface area contributed by atoms with Gasteiger partial charge in [0.15, 0.2) is 0 Å². The highest BCUT2D eigenvalue weighted by atomic mass is 127. The summed E-state index contributed by atoms with van der Waals surface area (Å²) in [6.45, 7) is 0.229. The lowest BCUT2D eigenvalue weighted by Gasteiger charge is -1.97. The van der Waals surface area contributed by atoms with Gasteiger partial charge in [-0.2, -0.15) is 0 Å². The van der Waals surface area contributed by atoms with Gasteiger partial charge in [-0.05, 0) is 22.6 Å². The van der Waals surface area contributed by atoms with Gasteiger partial charge in [0.05, 0.1) is 13.4 Å². The van der Waals surface area contributed by atoms with Crippen molar-refractivity contribution in [2.45, 2.75) is 6.54 Å². The van der Waals surface area contributed by atoms with Crippen LogP contribution < -0.4 is 0 Å². The summed E-state index contributed by atoms with van der Waals surface area (Å²) < 4.78 is 7.01. The second-order valence-electron chi connectivity index (χ2n) is 1.94. The highest BCUT2D eigenvalue weighted by Gasteiger charge is 2.01. The normalized spacial score (nSPS) is 9.64. The van der Waals surface area contributed by atoms with Gasteiger partial charge in [0, 0.05) is 6.20 Å². The molecule has 1 aromatic rings. The molecule has 0 saturated carbocycles. The molecule has 5 heteroatoms. The molecule has 0 aromatic carbocycles. The molecule has 0 fully saturated rings. The molecule has 0 atom stereocenters. The maximum absolute atomic E-state index is 10.7. The molecule has 0 radical (unpaired) electrons. The van der Waals surface area contributed by atoms with E-state index in [9.17, 15) is 4.79 Å². The first kappa shape index (κ1) is 8.51. The first-order chi connectivity index (χ1) is 5.22. The van der Waals surface area contributed by atoms with Crippen LogP contribution in [0.3, 0.4) is 0 Å². The van der Waals surface area contributed by atoms with Crippen molar-refractivity contribution in [3.8, 4) is 0 Å². The molecule has 11 heavy (non-hydrogen) atoms. The summed E-state index contributed by atoms with van der Waals surface area (Å²) in [5, 5.41) is 0. The SMILES string of the molecule is COC(=O)Cn1cnc(I)c1. The average Bonchev–Trinajstić information content (AvgIpc) is 2.35. The van der Waals surface area contributed by atoms with Crippen molar-refractivity contribution in [1.82, 2.24) is 9.55 Å². The van der Waals surface area contributed by atoms with Crippen molar-refractivity contribution in [3.05, 3.63) is 16.2 Å². The fourth-order valence-corrected chi connectivity index (χ4v) is 1.12. The molecule has 0 spiro atoms. The van der Waals surface area contributed by atoms with E-state index in [0.29, 0.717) is 0 Å². The Morgan fingerprint density at radius 3 is 3.09 bits per heavy atom. The number of hydrogen-bond acceptors (Lipinski definition) is 3. The van der Waals surface area contributed by atoms with Crippen molar-refractivity contribution < 1.29 is 9.53 Å². The minimum atomic E-state index is -0.265. The number of halogens is 1. The number of aromatic nitrogens is 2. The molecule has 1 aromatic heterocycles. The minimum Gasteiger partial charge on any atom is -0.468 e. The van der Waals surface area contributed by atoms with Crippen molar-refractivity contribution in [2.75, 3.05) is 7.11 Å². The van der Waals surface area contributed by atoms with Gasteiger partial charge < -0.3 is 9.30 Å². The summed E-state index contributed by atoms with van der Waals surface area (Å²) in [4.78, 5) is 14.7. The smallest absolute Gasteiger partial charge is 0.325 e. The Kier molecular flexibility index (Phi) is 2.86. The van der Waals surface area contributed by atoms with Gasteiger partial charge in [0.1, 0.15) is 10.2 Å². The average molecular weight is 266 g/mol. The molecule has 0 saturated heterocycles. The van der Waals surface area contributed by atoms with Crippen molar-refractivity contribution >= 4 is 28.6 Å². The van der Waals surface area contributed by atoms with E-state index in [1.165, 1.54) is 7.11 Å². The lowest BCUT2D eigenvalue weighted by atomic mass is 10.6. The molecule has 0 bridgehead atoms. The predicted molar refractivity (Wildman–Crippen MR) is 47.0 cm³/mol. The van der Waals surface area contributed by atoms with Gasteiger partial charge in [-0.25, -0.2) is 4.98 Å². The number of imidazole rings is 1. The largest absolute Gasteiger partial charge is 0.468 e. The van der Waals surface area contributed by atoms with E-state index < -0.39 is 0 Å². The summed E-state index contributed by atoms with van der Waals surface area (Å²) in [5.74, 6) is -0.265. The maximum Gasteiger partial charge on any atom is 0.325 e. The molecular weight excluding hydrogens is 259 g/mol. The molecule has 4 nitrogen and oxygen atoms in total. The Morgan fingerprint density at radius 2 is 2.64 bits per heavy atom. The van der Waals surface area contributed by atoms with E-state index in [2.05, 4.69) is 32.3 Å². The fraction of sp³-hybridized carbons (Fsp3) is 0.333. The third-order valence-corrected chi connectivity index (χ3v) is 1.70. The number of nitrogens with zero attached hydrogens (tertiary/aromatic N) is 2. The zero-order valence-corrected chi connectivity index (χ0v) is 8.11. The molecule has 60 valence electrons. The lowest BCUT2D eigenvalue weighted by molar-refractivity contribution is -0.141. The number of carbonyl (C=O) groups is 1. The summed E-state index contributed by atoms with van der Waals surface area (Å²) in [6, 6.07) is 0. The van der Waals surface area contributed by atoms with Gasteiger partial charge in [-0.3, -0.25) is 4.79 Å². The van der Waals surface area contributed by atoms with Crippen LogP contribution in [-0.4, -0.2) is 22.6 Å². The fourth-order valence-electron chi connectivity index (χ4n) is 0.633. The molecule has 0 aliphatic carbocycles. The lowest BCUT2D eigenvalue weighted by Crippen LogP contribution is -2.09. The van der Waals surface area contributed by atoms with Crippen molar-refractivity contribution in [3.63, 3.8) is 0 Å². The third-order valence-electron chi connectivity index (χ3n) is 1.14. The van der Waals surface area contributed by atoms with Crippen LogP contribution in [-0.2, 0) is 16.1 Å². The first-order valence-corrected chi connectivity index (χ1v) is 4.04.